The molecular weight excluding hydrogens is 228 g/mol. The normalized spacial score (nSPS) is 22.6. The average Bonchev–Trinajstić information content (AvgIpc) is 2.40. The standard InChI is InChI=1S/C14H20N2O2/c1-11(12-5-3-2-4-6-12)10-16-8-7-15-9-13(16)14(17)18/h2-6,11,13,15H,7-10H2,1H3,(H,17,18). The van der Waals surface area contributed by atoms with E-state index in [0.717, 1.165) is 19.6 Å². The fraction of sp³-hybridized carbons (Fsp3) is 0.500. The molecule has 2 atom stereocenters. The quantitative estimate of drug-likeness (QED) is 0.839. The van der Waals surface area contributed by atoms with Crippen LogP contribution in [0, 0.1) is 0 Å². The molecule has 1 heterocycles. The number of hydrogen-bond acceptors (Lipinski definition) is 3. The van der Waals surface area contributed by atoms with Crippen LogP contribution in [-0.2, 0) is 4.79 Å². The second-order valence-corrected chi connectivity index (χ2v) is 4.86. The number of carbonyl (C=O) groups is 1. The van der Waals surface area contributed by atoms with Crippen LogP contribution in [-0.4, -0.2) is 48.2 Å². The van der Waals surface area contributed by atoms with Gasteiger partial charge in [-0.3, -0.25) is 9.69 Å². The van der Waals surface area contributed by atoms with Gasteiger partial charge >= 0.3 is 5.97 Å². The second kappa shape index (κ2) is 5.98. The monoisotopic (exact) mass is 248 g/mol. The van der Waals surface area contributed by atoms with Crippen molar-refractivity contribution in [1.82, 2.24) is 10.2 Å². The highest BCUT2D eigenvalue weighted by Crippen LogP contribution is 2.18. The van der Waals surface area contributed by atoms with E-state index in [4.69, 9.17) is 0 Å². The zero-order valence-corrected chi connectivity index (χ0v) is 10.7. The minimum atomic E-state index is -0.734. The molecule has 2 N–H and O–H groups in total. The summed E-state index contributed by atoms with van der Waals surface area (Å²) in [6.07, 6.45) is 0. The summed E-state index contributed by atoms with van der Waals surface area (Å²) in [4.78, 5) is 13.3. The molecule has 0 aliphatic carbocycles. The molecule has 4 nitrogen and oxygen atoms in total. The fourth-order valence-corrected chi connectivity index (χ4v) is 2.45. The maximum absolute atomic E-state index is 11.2. The van der Waals surface area contributed by atoms with Gasteiger partial charge in [-0.15, -0.1) is 0 Å². The highest BCUT2D eigenvalue weighted by atomic mass is 16.4. The lowest BCUT2D eigenvalue weighted by Crippen LogP contribution is -2.55. The molecule has 4 heteroatoms. The lowest BCUT2D eigenvalue weighted by molar-refractivity contribution is -0.144. The third-order valence-corrected chi connectivity index (χ3v) is 3.52. The van der Waals surface area contributed by atoms with E-state index in [9.17, 15) is 9.90 Å². The number of nitrogens with zero attached hydrogens (tertiary/aromatic N) is 1. The lowest BCUT2D eigenvalue weighted by atomic mass is 9.99. The largest absolute Gasteiger partial charge is 0.480 e. The van der Waals surface area contributed by atoms with Crippen LogP contribution in [0.25, 0.3) is 0 Å². The predicted molar refractivity (Wildman–Crippen MR) is 70.7 cm³/mol. The summed E-state index contributed by atoms with van der Waals surface area (Å²) in [6.45, 7) is 5.15. The molecule has 0 spiro atoms. The molecule has 18 heavy (non-hydrogen) atoms. The Bertz CT molecular complexity index is 394. The van der Waals surface area contributed by atoms with E-state index in [1.165, 1.54) is 5.56 Å². The number of carboxylic acid groups (broad SMARTS) is 1. The van der Waals surface area contributed by atoms with Gasteiger partial charge in [-0.25, -0.2) is 0 Å². The minimum absolute atomic E-state index is 0.353. The number of piperazine rings is 1. The van der Waals surface area contributed by atoms with E-state index >= 15 is 0 Å². The molecule has 1 aromatic rings. The fourth-order valence-electron chi connectivity index (χ4n) is 2.45. The van der Waals surface area contributed by atoms with Crippen LogP contribution in [0.15, 0.2) is 30.3 Å². The van der Waals surface area contributed by atoms with E-state index in [2.05, 4.69) is 29.3 Å². The molecule has 2 rings (SSSR count). The number of rotatable bonds is 4. The van der Waals surface area contributed by atoms with Crippen molar-refractivity contribution >= 4 is 5.97 Å². The molecule has 0 amide bonds. The van der Waals surface area contributed by atoms with Gasteiger partial charge in [0.1, 0.15) is 6.04 Å². The summed E-state index contributed by atoms with van der Waals surface area (Å²) in [6, 6.07) is 9.85. The number of hydrogen-bond donors (Lipinski definition) is 2. The van der Waals surface area contributed by atoms with Crippen LogP contribution < -0.4 is 5.32 Å². The summed E-state index contributed by atoms with van der Waals surface area (Å²) in [7, 11) is 0. The SMILES string of the molecule is CC(CN1CCNCC1C(=O)O)c1ccccc1. The second-order valence-electron chi connectivity index (χ2n) is 4.86. The zero-order valence-electron chi connectivity index (χ0n) is 10.7. The van der Waals surface area contributed by atoms with Crippen LogP contribution >= 0.6 is 0 Å². The molecule has 0 radical (unpaired) electrons. The molecular formula is C14H20N2O2. The van der Waals surface area contributed by atoms with Gasteiger partial charge in [-0.05, 0) is 11.5 Å². The van der Waals surface area contributed by atoms with Gasteiger partial charge < -0.3 is 10.4 Å². The molecule has 0 bridgehead atoms. The van der Waals surface area contributed by atoms with E-state index in [1.807, 2.05) is 18.2 Å². The number of aliphatic carboxylic acids is 1. The van der Waals surface area contributed by atoms with Crippen molar-refractivity contribution in [2.45, 2.75) is 18.9 Å². The van der Waals surface area contributed by atoms with E-state index < -0.39 is 12.0 Å². The highest BCUT2D eigenvalue weighted by Gasteiger charge is 2.29. The van der Waals surface area contributed by atoms with Gasteiger partial charge in [0.05, 0.1) is 0 Å². The Morgan fingerprint density at radius 2 is 2.22 bits per heavy atom. The van der Waals surface area contributed by atoms with Crippen molar-refractivity contribution in [3.8, 4) is 0 Å². The summed E-state index contributed by atoms with van der Waals surface area (Å²) in [5.74, 6) is -0.381. The molecule has 0 saturated carbocycles. The molecule has 1 saturated heterocycles. The Morgan fingerprint density at radius 3 is 2.89 bits per heavy atom. The molecule has 1 aromatic carbocycles. The van der Waals surface area contributed by atoms with Crippen LogP contribution in [0.1, 0.15) is 18.4 Å². The molecule has 1 aliphatic rings. The Labute approximate surface area is 108 Å². The first-order valence-electron chi connectivity index (χ1n) is 6.41. The molecule has 2 unspecified atom stereocenters. The Hall–Kier alpha value is -1.39. The first-order chi connectivity index (χ1) is 8.68. The molecule has 1 fully saturated rings. The Balaban J connectivity index is 2.01. The van der Waals surface area contributed by atoms with Crippen LogP contribution in [0.2, 0.25) is 0 Å². The van der Waals surface area contributed by atoms with Crippen molar-refractivity contribution in [1.29, 1.82) is 0 Å². The topological polar surface area (TPSA) is 52.6 Å². The van der Waals surface area contributed by atoms with Gasteiger partial charge in [0.2, 0.25) is 0 Å². The van der Waals surface area contributed by atoms with Gasteiger partial charge in [0, 0.05) is 26.2 Å². The summed E-state index contributed by atoms with van der Waals surface area (Å²) in [5, 5.41) is 12.3. The first-order valence-corrected chi connectivity index (χ1v) is 6.41. The molecule has 1 aliphatic heterocycles. The smallest absolute Gasteiger partial charge is 0.322 e. The van der Waals surface area contributed by atoms with E-state index in [0.29, 0.717) is 12.5 Å². The van der Waals surface area contributed by atoms with Gasteiger partial charge in [-0.1, -0.05) is 37.3 Å². The summed E-state index contributed by atoms with van der Waals surface area (Å²) >= 11 is 0. The minimum Gasteiger partial charge on any atom is -0.480 e. The Kier molecular flexibility index (Phi) is 4.33. The Morgan fingerprint density at radius 1 is 1.50 bits per heavy atom. The van der Waals surface area contributed by atoms with Crippen molar-refractivity contribution < 1.29 is 9.90 Å². The van der Waals surface area contributed by atoms with Crippen molar-refractivity contribution in [3.63, 3.8) is 0 Å². The third kappa shape index (κ3) is 3.09. The van der Waals surface area contributed by atoms with E-state index in [-0.39, 0.29) is 0 Å². The number of carboxylic acids is 1. The maximum Gasteiger partial charge on any atom is 0.322 e. The average molecular weight is 248 g/mol. The lowest BCUT2D eigenvalue weighted by Gasteiger charge is -2.35. The highest BCUT2D eigenvalue weighted by molar-refractivity contribution is 5.74. The van der Waals surface area contributed by atoms with Crippen LogP contribution in [0.4, 0.5) is 0 Å². The molecule has 0 aromatic heterocycles. The molecule has 98 valence electrons. The van der Waals surface area contributed by atoms with Crippen molar-refractivity contribution in [2.75, 3.05) is 26.2 Å². The number of nitrogens with one attached hydrogen (secondary N) is 1. The number of benzene rings is 1. The predicted octanol–water partition coefficient (Wildman–Crippen LogP) is 1.15. The van der Waals surface area contributed by atoms with Crippen LogP contribution in [0.5, 0.6) is 0 Å². The van der Waals surface area contributed by atoms with E-state index in [1.54, 1.807) is 0 Å². The zero-order chi connectivity index (χ0) is 13.0. The third-order valence-electron chi connectivity index (χ3n) is 3.52. The summed E-state index contributed by atoms with van der Waals surface area (Å²) < 4.78 is 0. The van der Waals surface area contributed by atoms with Gasteiger partial charge in [0.15, 0.2) is 0 Å². The maximum atomic E-state index is 11.2. The summed E-state index contributed by atoms with van der Waals surface area (Å²) in [5.41, 5.74) is 1.26. The van der Waals surface area contributed by atoms with Crippen molar-refractivity contribution in [3.05, 3.63) is 35.9 Å². The van der Waals surface area contributed by atoms with Crippen molar-refractivity contribution in [2.24, 2.45) is 0 Å². The van der Waals surface area contributed by atoms with Gasteiger partial charge in [0.25, 0.3) is 0 Å². The van der Waals surface area contributed by atoms with Gasteiger partial charge in [-0.2, -0.15) is 0 Å². The first kappa shape index (κ1) is 13.1. The van der Waals surface area contributed by atoms with Crippen LogP contribution in [0.3, 0.4) is 0 Å².